The van der Waals surface area contributed by atoms with E-state index >= 15 is 0 Å². The highest BCUT2D eigenvalue weighted by atomic mass is 14.4. The molecule has 12 aromatic rings. The van der Waals surface area contributed by atoms with Crippen molar-refractivity contribution in [2.75, 3.05) is 0 Å². The molecule has 59 heavy (non-hydrogen) atoms. The van der Waals surface area contributed by atoms with Crippen molar-refractivity contribution >= 4 is 64.6 Å². The third kappa shape index (κ3) is 4.55. The lowest BCUT2D eigenvalue weighted by atomic mass is 9.79. The van der Waals surface area contributed by atoms with Crippen molar-refractivity contribution in [1.82, 2.24) is 0 Å². The lowest BCUT2D eigenvalue weighted by Gasteiger charge is -2.24. The molecular weight excluding hydrogens is 709 g/mol. The molecule has 1 aliphatic carbocycles. The van der Waals surface area contributed by atoms with Crippen LogP contribution in [0.5, 0.6) is 0 Å². The Kier molecular flexibility index (Phi) is 3.92. The molecule has 0 atom stereocenters. The third-order valence-electron chi connectivity index (χ3n) is 12.2. The van der Waals surface area contributed by atoms with E-state index in [1.54, 1.807) is 12.1 Å². The summed E-state index contributed by atoms with van der Waals surface area (Å²) < 4.78 is 177. The molecule has 0 saturated heterocycles. The number of hydrogen-bond acceptors (Lipinski definition) is 0. The molecule has 0 saturated carbocycles. The van der Waals surface area contributed by atoms with E-state index in [2.05, 4.69) is 0 Å². The van der Waals surface area contributed by atoms with Crippen LogP contribution in [0.15, 0.2) is 194 Å². The van der Waals surface area contributed by atoms with Crippen molar-refractivity contribution in [3.05, 3.63) is 205 Å². The van der Waals surface area contributed by atoms with Crippen LogP contribution < -0.4 is 0 Å². The first kappa shape index (κ1) is 19.4. The zero-order valence-corrected chi connectivity index (χ0v) is 31.0. The monoisotopic (exact) mass is 765 g/mol. The Labute approximate surface area is 370 Å². The minimum absolute atomic E-state index is 0.115. The van der Waals surface area contributed by atoms with Gasteiger partial charge < -0.3 is 0 Å². The zero-order chi connectivity index (χ0) is 55.3. The van der Waals surface area contributed by atoms with Gasteiger partial charge in [0.1, 0.15) is 0 Å². The predicted molar refractivity (Wildman–Crippen MR) is 253 cm³/mol. The molecule has 0 unspecified atom stereocenters. The molecule has 0 heterocycles. The maximum atomic E-state index is 10.8. The largest absolute Gasteiger partial charge is 0.0636 e. The van der Waals surface area contributed by atoms with Crippen LogP contribution in [-0.4, -0.2) is 0 Å². The maximum absolute atomic E-state index is 10.8. The summed E-state index contributed by atoms with van der Waals surface area (Å²) in [6, 6.07) is 25.9. The molecule has 274 valence electrons. The van der Waals surface area contributed by atoms with Crippen molar-refractivity contribution < 1.29 is 26.0 Å². The van der Waals surface area contributed by atoms with Gasteiger partial charge in [0.2, 0.25) is 0 Å². The maximum Gasteiger partial charge on any atom is 0.0636 e. The summed E-state index contributed by atoms with van der Waals surface area (Å²) in [5, 5.41) is 10.2. The molecule has 0 heteroatoms. The average Bonchev–Trinajstić information content (AvgIpc) is 3.30. The summed E-state index contributed by atoms with van der Waals surface area (Å²) in [6.45, 7) is -7.45. The second-order valence-electron chi connectivity index (χ2n) is 15.3. The molecule has 0 nitrogen and oxygen atoms in total. The molecule has 0 amide bonds. The molecule has 12 aromatic carbocycles. The van der Waals surface area contributed by atoms with Crippen molar-refractivity contribution in [1.29, 1.82) is 0 Å². The van der Waals surface area contributed by atoms with Gasteiger partial charge in [-0.05, 0) is 150 Å². The quantitative estimate of drug-likeness (QED) is 0.157. The molecule has 0 spiro atoms. The second kappa shape index (κ2) is 11.9. The first-order chi connectivity index (χ1) is 36.9. The third-order valence-corrected chi connectivity index (χ3v) is 12.2. The SMILES string of the molecule is [2H]c1c([2H])c([2H])c(-c2c(-c3ccc4ccc5cccc6ccc3c4c56)cc(-c3ccc4ccc5cccc6ccc3c4c56)c(-c3c([2H])c([2H])c4c(c3[2H])C(C([2H])([2H])[2H])(C([2H])([2H])[2H])c3c([2H])c([2H])c([2H])c([2H])c3-4)c2[2H])c([2H])c1[2H]. The predicted octanol–water partition coefficient (Wildman–Crippen LogP) is 16.5. The Morgan fingerprint density at radius 2 is 0.847 bits per heavy atom. The van der Waals surface area contributed by atoms with E-state index in [1.807, 2.05) is 103 Å². The molecule has 0 aliphatic heterocycles. The molecule has 1 aliphatic rings. The molecule has 0 aromatic heterocycles. The Morgan fingerprint density at radius 1 is 0.356 bits per heavy atom. The van der Waals surface area contributed by atoms with E-state index in [1.165, 1.54) is 0 Å². The van der Waals surface area contributed by atoms with Crippen LogP contribution >= 0.6 is 0 Å². The standard InChI is InChI=1S/C59H38/c1-59(2)53-17-7-6-16-45(53)46-29-26-42(32-54(46)59)50-33-49(35-10-4-3-5-11-35)51(43-27-22-40-20-18-36-12-8-14-38-24-30-47(43)57(40)55(36)38)34-52(50)44-28-23-41-21-19-37-13-9-15-39-25-31-48(44)58(41)56(37)39/h3-34H,1-2H3/i1D3,2D3,3D,4D,5D,6D,7D,10D,11D,16D,17D,26D,29D,32D,33D. The van der Waals surface area contributed by atoms with Crippen LogP contribution in [0.4, 0.5) is 0 Å². The Hall–Kier alpha value is -7.28. The highest BCUT2D eigenvalue weighted by Crippen LogP contribution is 2.52. The molecule has 0 bridgehead atoms. The molecule has 13 rings (SSSR count). The lowest BCUT2D eigenvalue weighted by molar-refractivity contribution is 0.660. The number of hydrogen-bond donors (Lipinski definition) is 0. The Bertz CT molecular complexity index is 4610. The van der Waals surface area contributed by atoms with Crippen molar-refractivity contribution in [2.24, 2.45) is 0 Å². The minimum Gasteiger partial charge on any atom is -0.0622 e. The summed E-state index contributed by atoms with van der Waals surface area (Å²) >= 11 is 0. The highest BCUT2D eigenvalue weighted by Gasteiger charge is 2.35. The van der Waals surface area contributed by atoms with Gasteiger partial charge in [-0.25, -0.2) is 0 Å². The minimum atomic E-state index is -3.73. The van der Waals surface area contributed by atoms with Crippen LogP contribution in [0.25, 0.3) is 120 Å². The number of fused-ring (bicyclic) bond motifs is 3. The van der Waals surface area contributed by atoms with E-state index in [9.17, 15) is 8.22 Å². The number of benzene rings is 12. The average molecular weight is 766 g/mol. The fraction of sp³-hybridized carbons (Fsp3) is 0.0508. The van der Waals surface area contributed by atoms with Gasteiger partial charge in [-0.2, -0.15) is 0 Å². The molecule has 0 N–H and O–H groups in total. The first-order valence-corrected chi connectivity index (χ1v) is 19.3. The van der Waals surface area contributed by atoms with E-state index in [-0.39, 0.29) is 22.3 Å². The van der Waals surface area contributed by atoms with Gasteiger partial charge in [0.25, 0.3) is 0 Å². The zero-order valence-electron chi connectivity index (χ0n) is 50.0. The van der Waals surface area contributed by atoms with E-state index in [0.717, 1.165) is 53.9 Å². The molecule has 0 fully saturated rings. The van der Waals surface area contributed by atoms with Gasteiger partial charge in [0, 0.05) is 13.6 Å². The van der Waals surface area contributed by atoms with Crippen molar-refractivity contribution in [2.45, 2.75) is 19.1 Å². The normalized spacial score (nSPS) is 18.4. The fourth-order valence-corrected chi connectivity index (χ4v) is 9.59. The van der Waals surface area contributed by atoms with Gasteiger partial charge in [0.05, 0.1) is 17.8 Å². The van der Waals surface area contributed by atoms with Crippen LogP contribution in [0.1, 0.15) is 50.9 Å². The van der Waals surface area contributed by atoms with Gasteiger partial charge >= 0.3 is 0 Å². The Morgan fingerprint density at radius 3 is 1.44 bits per heavy atom. The van der Waals surface area contributed by atoms with Gasteiger partial charge in [0.15, 0.2) is 0 Å². The lowest BCUT2D eigenvalue weighted by Crippen LogP contribution is -2.14. The van der Waals surface area contributed by atoms with Crippen LogP contribution in [-0.2, 0) is 5.41 Å². The fourth-order valence-electron chi connectivity index (χ4n) is 9.59. The van der Waals surface area contributed by atoms with Crippen LogP contribution in [0.3, 0.4) is 0 Å². The first-order valence-electron chi connectivity index (χ1n) is 28.8. The second-order valence-corrected chi connectivity index (χ2v) is 15.3. The highest BCUT2D eigenvalue weighted by molar-refractivity contribution is 6.27. The van der Waals surface area contributed by atoms with Crippen LogP contribution in [0.2, 0.25) is 0 Å². The Balaban J connectivity index is 1.28. The summed E-state index contributed by atoms with van der Waals surface area (Å²) in [7, 11) is 0. The topological polar surface area (TPSA) is 0 Å². The summed E-state index contributed by atoms with van der Waals surface area (Å²) in [6.07, 6.45) is 0. The summed E-state index contributed by atoms with van der Waals surface area (Å²) in [4.78, 5) is 0. The summed E-state index contributed by atoms with van der Waals surface area (Å²) in [5.74, 6) is 0. The molecular formula is C59H38. The van der Waals surface area contributed by atoms with E-state index in [0.29, 0.717) is 21.9 Å². The van der Waals surface area contributed by atoms with Gasteiger partial charge in [-0.15, -0.1) is 0 Å². The summed E-state index contributed by atoms with van der Waals surface area (Å²) in [5.41, 5.74) is -6.94. The van der Waals surface area contributed by atoms with E-state index in [4.69, 9.17) is 17.8 Å². The van der Waals surface area contributed by atoms with Crippen LogP contribution in [0, 0.1) is 0 Å². The molecule has 0 radical (unpaired) electrons. The van der Waals surface area contributed by atoms with Gasteiger partial charge in [-0.3, -0.25) is 0 Å². The van der Waals surface area contributed by atoms with E-state index < -0.39 is 131 Å². The smallest absolute Gasteiger partial charge is 0.0622 e. The van der Waals surface area contributed by atoms with Crippen molar-refractivity contribution in [3.63, 3.8) is 0 Å². The number of rotatable bonds is 4. The van der Waals surface area contributed by atoms with Crippen molar-refractivity contribution in [3.8, 4) is 55.6 Å². The van der Waals surface area contributed by atoms with Gasteiger partial charge in [-0.1, -0.05) is 189 Å².